The number of carbonyl (C=O) groups is 2. The van der Waals surface area contributed by atoms with Gasteiger partial charge < -0.3 is 24.6 Å². The number of rotatable bonds is 10. The molecule has 292 valence electrons. The second-order valence-corrected chi connectivity index (χ2v) is 15.0. The molecule has 2 N–H and O–H groups in total. The van der Waals surface area contributed by atoms with Gasteiger partial charge >= 0.3 is 5.97 Å². The van der Waals surface area contributed by atoms with Crippen molar-refractivity contribution in [3.63, 3.8) is 0 Å². The van der Waals surface area contributed by atoms with Crippen molar-refractivity contribution >= 4 is 11.9 Å². The maximum absolute atomic E-state index is 14.2. The van der Waals surface area contributed by atoms with Gasteiger partial charge in [-0.3, -0.25) is 14.5 Å². The highest BCUT2D eigenvalue weighted by Gasteiger charge is 2.42. The topological polar surface area (TPSA) is 97.3 Å². The zero-order chi connectivity index (χ0) is 39.6. The molecule has 4 aromatic carbocycles. The second kappa shape index (κ2) is 16.6. The van der Waals surface area contributed by atoms with E-state index in [0.29, 0.717) is 36.2 Å². The van der Waals surface area contributed by atoms with E-state index in [1.807, 2.05) is 75.4 Å². The summed E-state index contributed by atoms with van der Waals surface area (Å²) in [4.78, 5) is 27.9. The van der Waals surface area contributed by atoms with Gasteiger partial charge in [0.2, 0.25) is 5.82 Å². The molecule has 5 atom stereocenters. The van der Waals surface area contributed by atoms with Crippen molar-refractivity contribution in [1.29, 1.82) is 0 Å². The molecular formula is C42H43F5N2O6. The summed E-state index contributed by atoms with van der Waals surface area (Å²) >= 11 is 0. The smallest absolute Gasteiger partial charge is 0.323 e. The summed E-state index contributed by atoms with van der Waals surface area (Å²) in [6, 6.07) is 21.5. The van der Waals surface area contributed by atoms with Crippen LogP contribution in [0.5, 0.6) is 0 Å². The van der Waals surface area contributed by atoms with Crippen LogP contribution in [-0.2, 0) is 32.2 Å². The highest BCUT2D eigenvalue weighted by molar-refractivity contribution is 5.94. The van der Waals surface area contributed by atoms with Crippen LogP contribution in [0, 0.1) is 35.0 Å². The number of carbonyl (C=O) groups excluding carboxylic acids is 2. The van der Waals surface area contributed by atoms with Crippen LogP contribution in [-0.4, -0.2) is 52.7 Å². The van der Waals surface area contributed by atoms with Gasteiger partial charge in [0, 0.05) is 24.6 Å². The van der Waals surface area contributed by atoms with Crippen LogP contribution >= 0.6 is 0 Å². The third kappa shape index (κ3) is 8.91. The molecule has 2 heterocycles. The molecule has 0 radical (unpaired) electrons. The Kier molecular flexibility index (Phi) is 12.1. The SMILES string of the molecule is CC1C(CN2CCCC2C(=O)OC(C)(C)C)OC(c2cccc(-c3cccc(CNC(=O)c4c(F)c(F)c(F)c(F)c4F)c3)c2)OC1c1ccc(CO)cc1. The van der Waals surface area contributed by atoms with Gasteiger partial charge in [-0.05, 0) is 80.1 Å². The van der Waals surface area contributed by atoms with Crippen molar-refractivity contribution < 1.29 is 50.9 Å². The number of nitrogens with zero attached hydrogens (tertiary/aromatic N) is 1. The van der Waals surface area contributed by atoms with Crippen molar-refractivity contribution in [3.8, 4) is 11.1 Å². The Hall–Kier alpha value is -4.69. The van der Waals surface area contributed by atoms with Gasteiger partial charge in [-0.2, -0.15) is 0 Å². The molecule has 2 aliphatic heterocycles. The van der Waals surface area contributed by atoms with Crippen LogP contribution in [0.15, 0.2) is 72.8 Å². The molecule has 6 rings (SSSR count). The summed E-state index contributed by atoms with van der Waals surface area (Å²) in [5.74, 6) is -13.0. The molecule has 4 aromatic rings. The minimum atomic E-state index is -2.35. The lowest BCUT2D eigenvalue weighted by molar-refractivity contribution is -0.276. The average molecular weight is 767 g/mol. The van der Waals surface area contributed by atoms with Gasteiger partial charge in [-0.25, -0.2) is 22.0 Å². The van der Waals surface area contributed by atoms with Crippen molar-refractivity contribution in [2.45, 2.75) is 83.8 Å². The first-order valence-electron chi connectivity index (χ1n) is 18.1. The summed E-state index contributed by atoms with van der Waals surface area (Å²) < 4.78 is 88.5. The van der Waals surface area contributed by atoms with Gasteiger partial charge in [-0.1, -0.05) is 67.6 Å². The van der Waals surface area contributed by atoms with Crippen LogP contribution in [0.1, 0.15) is 85.5 Å². The zero-order valence-electron chi connectivity index (χ0n) is 30.9. The molecule has 0 spiro atoms. The molecule has 0 aliphatic carbocycles. The molecule has 1 amide bonds. The van der Waals surface area contributed by atoms with Crippen LogP contribution in [0.3, 0.4) is 0 Å². The normalized spacial score (nSPS) is 21.7. The van der Waals surface area contributed by atoms with E-state index in [2.05, 4.69) is 17.1 Å². The van der Waals surface area contributed by atoms with Crippen molar-refractivity contribution in [3.05, 3.63) is 130 Å². The minimum Gasteiger partial charge on any atom is -0.459 e. The largest absolute Gasteiger partial charge is 0.459 e. The summed E-state index contributed by atoms with van der Waals surface area (Å²) in [6.07, 6.45) is -0.0250. The maximum atomic E-state index is 14.2. The van der Waals surface area contributed by atoms with E-state index in [9.17, 15) is 36.6 Å². The van der Waals surface area contributed by atoms with Gasteiger partial charge in [0.15, 0.2) is 29.6 Å². The fraction of sp³-hybridized carbons (Fsp3) is 0.381. The molecule has 5 unspecified atom stereocenters. The lowest BCUT2D eigenvalue weighted by atomic mass is 9.89. The molecule has 13 heteroatoms. The predicted octanol–water partition coefficient (Wildman–Crippen LogP) is 8.07. The first-order valence-corrected chi connectivity index (χ1v) is 18.1. The Balaban J connectivity index is 1.23. The molecule has 0 saturated carbocycles. The first-order chi connectivity index (χ1) is 26.1. The van der Waals surface area contributed by atoms with Gasteiger partial charge in [0.1, 0.15) is 17.2 Å². The van der Waals surface area contributed by atoms with Crippen LogP contribution in [0.25, 0.3) is 11.1 Å². The van der Waals surface area contributed by atoms with E-state index < -0.39 is 64.6 Å². The lowest BCUT2D eigenvalue weighted by Gasteiger charge is -2.43. The summed E-state index contributed by atoms with van der Waals surface area (Å²) in [6.45, 7) is 8.42. The van der Waals surface area contributed by atoms with Crippen LogP contribution in [0.4, 0.5) is 22.0 Å². The second-order valence-electron chi connectivity index (χ2n) is 15.0. The minimum absolute atomic E-state index is 0.0948. The standard InChI is InChI=1S/C42H43F5N2O6/c1-23-31(21-49-17-7-12-30(49)40(52)55-42(2,3)4)53-41(54-38(23)26-15-13-24(22-50)14-16-26)29-11-6-10-28(19-29)27-9-5-8-25(18-27)20-48-39(51)32-33(43)35(45)37(47)36(46)34(32)44/h5-6,8-11,13-16,18-19,23,30-31,38,41,50H,7,12,17,20-22H2,1-4H3,(H,48,51). The fourth-order valence-electron chi connectivity index (χ4n) is 7.04. The van der Waals surface area contributed by atoms with Crippen molar-refractivity contribution in [1.82, 2.24) is 10.2 Å². The summed E-state index contributed by atoms with van der Waals surface area (Å²) in [7, 11) is 0. The number of halogens is 5. The van der Waals surface area contributed by atoms with E-state index in [0.717, 1.165) is 23.1 Å². The van der Waals surface area contributed by atoms with Crippen LogP contribution < -0.4 is 5.32 Å². The predicted molar refractivity (Wildman–Crippen MR) is 193 cm³/mol. The van der Waals surface area contributed by atoms with Crippen molar-refractivity contribution in [2.24, 2.45) is 5.92 Å². The zero-order valence-corrected chi connectivity index (χ0v) is 30.9. The number of benzene rings is 4. The Morgan fingerprint density at radius 2 is 1.47 bits per heavy atom. The number of likely N-dealkylation sites (tertiary alicyclic amines) is 1. The monoisotopic (exact) mass is 766 g/mol. The number of hydrogen-bond acceptors (Lipinski definition) is 7. The number of ether oxygens (including phenoxy) is 3. The Morgan fingerprint density at radius 1 is 0.836 bits per heavy atom. The van der Waals surface area contributed by atoms with Crippen molar-refractivity contribution in [2.75, 3.05) is 13.1 Å². The highest BCUT2D eigenvalue weighted by atomic mass is 19.2. The Bertz CT molecular complexity index is 2010. The summed E-state index contributed by atoms with van der Waals surface area (Å²) in [5, 5.41) is 11.9. The molecular weight excluding hydrogens is 723 g/mol. The third-order valence-electron chi connectivity index (χ3n) is 9.89. The van der Waals surface area contributed by atoms with Gasteiger partial charge in [-0.15, -0.1) is 0 Å². The highest BCUT2D eigenvalue weighted by Crippen LogP contribution is 2.43. The third-order valence-corrected chi connectivity index (χ3v) is 9.89. The Morgan fingerprint density at radius 3 is 2.13 bits per heavy atom. The van der Waals surface area contributed by atoms with E-state index in [4.69, 9.17) is 14.2 Å². The molecule has 2 saturated heterocycles. The van der Waals surface area contributed by atoms with E-state index in [1.165, 1.54) is 0 Å². The quantitative estimate of drug-likeness (QED) is 0.0730. The molecule has 0 bridgehead atoms. The average Bonchev–Trinajstić information content (AvgIpc) is 3.64. The molecule has 2 fully saturated rings. The first kappa shape index (κ1) is 40.0. The lowest BCUT2D eigenvalue weighted by Crippen LogP contribution is -2.48. The molecule has 55 heavy (non-hydrogen) atoms. The number of amides is 1. The number of aliphatic hydroxyl groups excluding tert-OH is 1. The summed E-state index contributed by atoms with van der Waals surface area (Å²) in [5.41, 5.74) is 2.16. The van der Waals surface area contributed by atoms with Crippen LogP contribution in [0.2, 0.25) is 0 Å². The van der Waals surface area contributed by atoms with Gasteiger partial charge in [0.25, 0.3) is 5.91 Å². The van der Waals surface area contributed by atoms with E-state index in [-0.39, 0.29) is 31.1 Å². The number of hydrogen-bond donors (Lipinski definition) is 2. The maximum Gasteiger partial charge on any atom is 0.323 e. The molecule has 0 aromatic heterocycles. The van der Waals surface area contributed by atoms with E-state index >= 15 is 0 Å². The molecule has 8 nitrogen and oxygen atoms in total. The number of nitrogens with one attached hydrogen (secondary N) is 1. The number of esters is 1. The Labute approximate surface area is 316 Å². The molecule has 2 aliphatic rings. The fourth-order valence-corrected chi connectivity index (χ4v) is 7.04. The number of aliphatic hydroxyl groups is 1. The van der Waals surface area contributed by atoms with Gasteiger partial charge in [0.05, 0.1) is 18.8 Å². The van der Waals surface area contributed by atoms with E-state index in [1.54, 1.807) is 18.2 Å².